The second-order valence-electron chi connectivity index (χ2n) is 9.28. The number of nitrogens with one attached hydrogen (secondary N) is 1. The fourth-order valence-electron chi connectivity index (χ4n) is 4.88. The van der Waals surface area contributed by atoms with Crippen LogP contribution in [0.25, 0.3) is 0 Å². The zero-order valence-electron chi connectivity index (χ0n) is 18.5. The number of esters is 1. The van der Waals surface area contributed by atoms with Gasteiger partial charge in [-0.3, -0.25) is 4.79 Å². The lowest BCUT2D eigenvalue weighted by atomic mass is 9.81. The monoisotopic (exact) mass is 408 g/mol. The van der Waals surface area contributed by atoms with Crippen LogP contribution in [0.4, 0.5) is 5.69 Å². The van der Waals surface area contributed by atoms with E-state index in [2.05, 4.69) is 41.1 Å². The Bertz CT molecular complexity index is 934. The van der Waals surface area contributed by atoms with Gasteiger partial charge in [0, 0.05) is 37.5 Å². The molecule has 1 fully saturated rings. The van der Waals surface area contributed by atoms with Crippen molar-refractivity contribution >= 4 is 17.4 Å². The Hall–Kier alpha value is -2.56. The maximum absolute atomic E-state index is 12.9. The maximum atomic E-state index is 12.9. The van der Waals surface area contributed by atoms with Crippen LogP contribution in [0, 0.1) is 12.8 Å². The van der Waals surface area contributed by atoms with E-state index in [1.807, 2.05) is 21.0 Å². The highest BCUT2D eigenvalue weighted by Crippen LogP contribution is 2.36. The smallest absolute Gasteiger partial charge is 0.355 e. The molecule has 1 heterocycles. The van der Waals surface area contributed by atoms with E-state index in [-0.39, 0.29) is 23.8 Å². The molecule has 1 aromatic carbocycles. The molecule has 5 nitrogen and oxygen atoms in total. The van der Waals surface area contributed by atoms with Crippen molar-refractivity contribution in [2.24, 2.45) is 5.92 Å². The number of aromatic amines is 1. The van der Waals surface area contributed by atoms with Crippen LogP contribution in [0.1, 0.15) is 82.6 Å². The van der Waals surface area contributed by atoms with Gasteiger partial charge in [0.15, 0.2) is 5.78 Å². The van der Waals surface area contributed by atoms with Gasteiger partial charge in [-0.2, -0.15) is 0 Å². The molecule has 1 N–H and O–H groups in total. The molecule has 0 bridgehead atoms. The minimum Gasteiger partial charge on any atom is -0.458 e. The van der Waals surface area contributed by atoms with Crippen molar-refractivity contribution in [3.8, 4) is 0 Å². The zero-order valence-corrected chi connectivity index (χ0v) is 18.5. The Kier molecular flexibility index (Phi) is 5.72. The Morgan fingerprint density at radius 2 is 1.73 bits per heavy atom. The maximum Gasteiger partial charge on any atom is 0.355 e. The Labute approximate surface area is 178 Å². The summed E-state index contributed by atoms with van der Waals surface area (Å²) >= 11 is 0. The molecular formula is C25H32N2O3. The zero-order chi connectivity index (χ0) is 21.4. The molecule has 0 spiro atoms. The van der Waals surface area contributed by atoms with Gasteiger partial charge in [-0.05, 0) is 74.1 Å². The first-order valence-electron chi connectivity index (χ1n) is 11.1. The summed E-state index contributed by atoms with van der Waals surface area (Å²) in [5.41, 5.74) is 5.06. The van der Waals surface area contributed by atoms with E-state index in [0.29, 0.717) is 23.6 Å². The van der Waals surface area contributed by atoms with Crippen molar-refractivity contribution in [2.45, 2.75) is 64.4 Å². The topological polar surface area (TPSA) is 62.4 Å². The number of anilines is 1. The molecule has 0 aliphatic heterocycles. The number of benzene rings is 1. The molecule has 4 rings (SSSR count). The van der Waals surface area contributed by atoms with Crippen LogP contribution in [-0.2, 0) is 11.2 Å². The van der Waals surface area contributed by atoms with Crippen LogP contribution < -0.4 is 4.90 Å². The second-order valence-corrected chi connectivity index (χ2v) is 9.28. The minimum absolute atomic E-state index is 0.00732. The lowest BCUT2D eigenvalue weighted by molar-refractivity contribution is 0.0167. The number of aromatic nitrogens is 1. The molecule has 5 heteroatoms. The number of fused-ring (bicyclic) bond motifs is 1. The first-order chi connectivity index (χ1) is 14.3. The van der Waals surface area contributed by atoms with Gasteiger partial charge in [0.1, 0.15) is 11.8 Å². The predicted octanol–water partition coefficient (Wildman–Crippen LogP) is 5.04. The molecule has 0 radical (unpaired) electrons. The van der Waals surface area contributed by atoms with Gasteiger partial charge in [-0.1, -0.05) is 19.1 Å². The summed E-state index contributed by atoms with van der Waals surface area (Å²) in [6, 6.07) is 8.38. The number of hydrogen-bond acceptors (Lipinski definition) is 4. The standard InChI is InChI=1S/C25H32N2O3/c1-15-5-11-20(12-6-15)30-25(29)24-16(2)23-21(26-24)13-18(14-22(23)28)17-7-9-19(10-8-17)27(3)4/h7-10,15,18,20,26H,5-6,11-14H2,1-4H3/t15?,18-,20?/m0/s1. The summed E-state index contributed by atoms with van der Waals surface area (Å²) in [6.07, 6.45) is 5.26. The van der Waals surface area contributed by atoms with E-state index < -0.39 is 0 Å². The molecular weight excluding hydrogens is 376 g/mol. The molecule has 2 aliphatic rings. The number of ketones is 1. The summed E-state index contributed by atoms with van der Waals surface area (Å²) in [7, 11) is 4.03. The quantitative estimate of drug-likeness (QED) is 0.720. The Morgan fingerprint density at radius 3 is 2.37 bits per heavy atom. The van der Waals surface area contributed by atoms with E-state index in [1.165, 1.54) is 0 Å². The molecule has 0 saturated heterocycles. The summed E-state index contributed by atoms with van der Waals surface area (Å²) in [6.45, 7) is 4.11. The predicted molar refractivity (Wildman–Crippen MR) is 119 cm³/mol. The van der Waals surface area contributed by atoms with Gasteiger partial charge in [-0.25, -0.2) is 4.79 Å². The normalized spacial score (nSPS) is 23.7. The van der Waals surface area contributed by atoms with E-state index in [9.17, 15) is 9.59 Å². The summed E-state index contributed by atoms with van der Waals surface area (Å²) in [5, 5.41) is 0. The number of Topliss-reactive ketones (excluding diaryl/α,β-unsaturated/α-hetero) is 1. The lowest BCUT2D eigenvalue weighted by Crippen LogP contribution is -2.24. The van der Waals surface area contributed by atoms with Crippen LogP contribution in [0.3, 0.4) is 0 Å². The SMILES string of the molecule is Cc1c(C(=O)OC2CCC(C)CC2)[nH]c2c1C(=O)C[C@@H](c1ccc(N(C)C)cc1)C2. The number of hydrogen-bond donors (Lipinski definition) is 1. The fraction of sp³-hybridized carbons (Fsp3) is 0.520. The third-order valence-corrected chi connectivity index (χ3v) is 6.81. The van der Waals surface area contributed by atoms with Crippen LogP contribution in [0.15, 0.2) is 24.3 Å². The molecule has 1 aromatic heterocycles. The molecule has 30 heavy (non-hydrogen) atoms. The first-order valence-corrected chi connectivity index (χ1v) is 11.1. The number of rotatable bonds is 4. The van der Waals surface area contributed by atoms with Crippen LogP contribution in [0.2, 0.25) is 0 Å². The summed E-state index contributed by atoms with van der Waals surface area (Å²) in [4.78, 5) is 31.1. The highest BCUT2D eigenvalue weighted by atomic mass is 16.5. The van der Waals surface area contributed by atoms with E-state index >= 15 is 0 Å². The van der Waals surface area contributed by atoms with Crippen molar-refractivity contribution in [1.82, 2.24) is 4.98 Å². The first kappa shape index (κ1) is 20.7. The number of carbonyl (C=O) groups excluding carboxylic acids is 2. The van der Waals surface area contributed by atoms with Crippen molar-refractivity contribution in [1.29, 1.82) is 0 Å². The number of H-pyrrole nitrogens is 1. The van der Waals surface area contributed by atoms with Gasteiger partial charge in [0.2, 0.25) is 0 Å². The minimum atomic E-state index is -0.318. The van der Waals surface area contributed by atoms with Crippen molar-refractivity contribution in [3.05, 3.63) is 52.3 Å². The van der Waals surface area contributed by atoms with Gasteiger partial charge in [0.25, 0.3) is 0 Å². The highest BCUT2D eigenvalue weighted by molar-refractivity contribution is 6.03. The van der Waals surface area contributed by atoms with Crippen LogP contribution >= 0.6 is 0 Å². The van der Waals surface area contributed by atoms with Gasteiger partial charge in [-0.15, -0.1) is 0 Å². The second kappa shape index (κ2) is 8.29. The molecule has 2 aromatic rings. The molecule has 2 aliphatic carbocycles. The van der Waals surface area contributed by atoms with E-state index in [0.717, 1.165) is 54.6 Å². The van der Waals surface area contributed by atoms with Crippen LogP contribution in [-0.4, -0.2) is 36.9 Å². The molecule has 160 valence electrons. The summed E-state index contributed by atoms with van der Waals surface area (Å²) in [5.74, 6) is 0.627. The number of carbonyl (C=O) groups is 2. The van der Waals surface area contributed by atoms with E-state index in [1.54, 1.807) is 0 Å². The van der Waals surface area contributed by atoms with Gasteiger partial charge >= 0.3 is 5.97 Å². The molecule has 1 atom stereocenters. The average molecular weight is 409 g/mol. The van der Waals surface area contributed by atoms with Gasteiger partial charge in [0.05, 0.1) is 0 Å². The molecule has 0 amide bonds. The van der Waals surface area contributed by atoms with Crippen molar-refractivity contribution in [2.75, 3.05) is 19.0 Å². The average Bonchev–Trinajstić information content (AvgIpc) is 3.07. The largest absolute Gasteiger partial charge is 0.458 e. The third kappa shape index (κ3) is 4.03. The molecule has 1 saturated carbocycles. The van der Waals surface area contributed by atoms with E-state index in [4.69, 9.17) is 4.74 Å². The van der Waals surface area contributed by atoms with Crippen molar-refractivity contribution in [3.63, 3.8) is 0 Å². The van der Waals surface area contributed by atoms with Crippen molar-refractivity contribution < 1.29 is 14.3 Å². The summed E-state index contributed by atoms with van der Waals surface area (Å²) < 4.78 is 5.78. The number of nitrogens with zero attached hydrogens (tertiary/aromatic N) is 1. The molecule has 0 unspecified atom stereocenters. The Morgan fingerprint density at radius 1 is 1.07 bits per heavy atom. The third-order valence-electron chi connectivity index (χ3n) is 6.81. The lowest BCUT2D eigenvalue weighted by Gasteiger charge is -2.25. The van der Waals surface area contributed by atoms with Crippen LogP contribution in [0.5, 0.6) is 0 Å². The Balaban J connectivity index is 1.51. The highest BCUT2D eigenvalue weighted by Gasteiger charge is 2.33. The van der Waals surface area contributed by atoms with Gasteiger partial charge < -0.3 is 14.6 Å². The fourth-order valence-corrected chi connectivity index (χ4v) is 4.88. The number of ether oxygens (including phenoxy) is 1.